The van der Waals surface area contributed by atoms with Gasteiger partial charge < -0.3 is 14.5 Å². The first-order valence-corrected chi connectivity index (χ1v) is 9.78. The molecule has 3 aromatic heterocycles. The number of halogens is 1. The molecule has 8 nitrogen and oxygen atoms in total. The van der Waals surface area contributed by atoms with Crippen LogP contribution in [0.25, 0.3) is 16.6 Å². The summed E-state index contributed by atoms with van der Waals surface area (Å²) in [5, 5.41) is 7.21. The number of furan rings is 1. The summed E-state index contributed by atoms with van der Waals surface area (Å²) in [6.45, 7) is 3.69. The normalized spacial score (nSPS) is 12.4. The number of benzene rings is 1. The minimum absolute atomic E-state index is 0.264. The van der Waals surface area contributed by atoms with E-state index in [9.17, 15) is 9.59 Å². The molecule has 4 rings (SSSR count). The number of hydrogen-bond acceptors (Lipinski definition) is 5. The highest BCUT2D eigenvalue weighted by Crippen LogP contribution is 2.23. The molecule has 0 radical (unpaired) electrons. The number of amides is 1. The Kier molecular flexibility index (Phi) is 4.91. The van der Waals surface area contributed by atoms with Crippen LogP contribution in [0.3, 0.4) is 0 Å². The maximum absolute atomic E-state index is 12.9. The van der Waals surface area contributed by atoms with E-state index in [1.54, 1.807) is 43.8 Å². The van der Waals surface area contributed by atoms with E-state index in [0.717, 1.165) is 15.6 Å². The fourth-order valence-corrected chi connectivity index (χ4v) is 3.79. The summed E-state index contributed by atoms with van der Waals surface area (Å²) >= 11 is 3.42. The second-order valence-corrected chi connectivity index (χ2v) is 7.60. The van der Waals surface area contributed by atoms with Crippen LogP contribution in [-0.4, -0.2) is 27.2 Å². The van der Waals surface area contributed by atoms with Gasteiger partial charge in [-0.25, -0.2) is 4.68 Å². The molecule has 150 valence electrons. The molecular formula is C20H19BrN4O4. The van der Waals surface area contributed by atoms with Gasteiger partial charge in [0.1, 0.15) is 23.1 Å². The summed E-state index contributed by atoms with van der Waals surface area (Å²) in [4.78, 5) is 25.7. The number of methoxy groups -OCH3 is 1. The monoisotopic (exact) mass is 458 g/mol. The highest BCUT2D eigenvalue weighted by atomic mass is 79.9. The van der Waals surface area contributed by atoms with Crippen LogP contribution in [0.15, 0.2) is 50.3 Å². The van der Waals surface area contributed by atoms with Crippen LogP contribution in [0.4, 0.5) is 0 Å². The average molecular weight is 459 g/mol. The van der Waals surface area contributed by atoms with Gasteiger partial charge in [0.2, 0.25) is 5.91 Å². The standard InChI is InChI=1S/C20H19BrN4O4/c1-11(19(26)22-10-13-8-14(21)4-5-17(13)28-3)25-20(27)16-9-18-15(6-7-29-18)24(16)12(2)23-25/h4-9,11H,10H2,1-3H3,(H,22,26)/t11-/m1/s1. The van der Waals surface area contributed by atoms with Crippen molar-refractivity contribution in [1.29, 1.82) is 0 Å². The van der Waals surface area contributed by atoms with Crippen molar-refractivity contribution in [2.45, 2.75) is 26.4 Å². The molecule has 1 aromatic carbocycles. The lowest BCUT2D eigenvalue weighted by molar-refractivity contribution is -0.124. The first-order chi connectivity index (χ1) is 13.9. The molecule has 4 aromatic rings. The van der Waals surface area contributed by atoms with Crippen LogP contribution in [-0.2, 0) is 11.3 Å². The molecule has 0 saturated heterocycles. The third-order valence-corrected chi connectivity index (χ3v) is 5.36. The Morgan fingerprint density at radius 2 is 2.10 bits per heavy atom. The van der Waals surface area contributed by atoms with Gasteiger partial charge in [0.05, 0.1) is 18.9 Å². The molecule has 0 fully saturated rings. The van der Waals surface area contributed by atoms with Gasteiger partial charge in [0.25, 0.3) is 5.56 Å². The second kappa shape index (κ2) is 7.40. The van der Waals surface area contributed by atoms with Gasteiger partial charge >= 0.3 is 0 Å². The topological polar surface area (TPSA) is 90.8 Å². The molecular weight excluding hydrogens is 440 g/mol. The Labute approximate surface area is 174 Å². The maximum atomic E-state index is 12.9. The molecule has 29 heavy (non-hydrogen) atoms. The Morgan fingerprint density at radius 1 is 1.31 bits per heavy atom. The van der Waals surface area contributed by atoms with Crippen LogP contribution < -0.4 is 15.6 Å². The van der Waals surface area contributed by atoms with E-state index < -0.39 is 6.04 Å². The van der Waals surface area contributed by atoms with Crippen molar-refractivity contribution in [1.82, 2.24) is 19.5 Å². The highest BCUT2D eigenvalue weighted by Gasteiger charge is 2.21. The molecule has 9 heteroatoms. The van der Waals surface area contributed by atoms with Gasteiger partial charge in [0.15, 0.2) is 5.58 Å². The van der Waals surface area contributed by atoms with Gasteiger partial charge in [-0.3, -0.25) is 14.0 Å². The first-order valence-electron chi connectivity index (χ1n) is 8.99. The quantitative estimate of drug-likeness (QED) is 0.495. The fraction of sp³-hybridized carbons (Fsp3) is 0.250. The van der Waals surface area contributed by atoms with Gasteiger partial charge in [-0.2, -0.15) is 5.10 Å². The molecule has 1 atom stereocenters. The molecule has 0 aliphatic heterocycles. The molecule has 0 spiro atoms. The summed E-state index contributed by atoms with van der Waals surface area (Å²) in [6.07, 6.45) is 1.56. The third kappa shape index (κ3) is 3.31. The van der Waals surface area contributed by atoms with Crippen molar-refractivity contribution in [2.24, 2.45) is 0 Å². The predicted octanol–water partition coefficient (Wildman–Crippen LogP) is 3.20. The highest BCUT2D eigenvalue weighted by molar-refractivity contribution is 9.10. The number of aromatic nitrogens is 3. The minimum Gasteiger partial charge on any atom is -0.496 e. The number of hydrogen-bond donors (Lipinski definition) is 1. The van der Waals surface area contributed by atoms with Crippen molar-refractivity contribution in [3.63, 3.8) is 0 Å². The predicted molar refractivity (Wildman–Crippen MR) is 111 cm³/mol. The zero-order valence-electron chi connectivity index (χ0n) is 16.1. The summed E-state index contributed by atoms with van der Waals surface area (Å²) in [6, 6.07) is 8.22. The first kappa shape index (κ1) is 19.3. The van der Waals surface area contributed by atoms with Crippen molar-refractivity contribution >= 4 is 38.5 Å². The zero-order chi connectivity index (χ0) is 20.7. The lowest BCUT2D eigenvalue weighted by atomic mass is 10.2. The number of carbonyl (C=O) groups excluding carboxylic acids is 1. The van der Waals surface area contributed by atoms with E-state index in [0.29, 0.717) is 22.7 Å². The molecule has 1 amide bonds. The van der Waals surface area contributed by atoms with Crippen molar-refractivity contribution < 1.29 is 13.9 Å². The number of fused-ring (bicyclic) bond motifs is 3. The minimum atomic E-state index is -0.787. The molecule has 0 unspecified atom stereocenters. The maximum Gasteiger partial charge on any atom is 0.291 e. The number of ether oxygens (including phenoxy) is 1. The van der Waals surface area contributed by atoms with Crippen LogP contribution in [0.1, 0.15) is 24.4 Å². The second-order valence-electron chi connectivity index (χ2n) is 6.68. The smallest absolute Gasteiger partial charge is 0.291 e. The lowest BCUT2D eigenvalue weighted by Gasteiger charge is -2.16. The number of carbonyl (C=O) groups is 1. The molecule has 3 heterocycles. The molecule has 0 bridgehead atoms. The Balaban J connectivity index is 1.62. The van der Waals surface area contributed by atoms with Gasteiger partial charge in [-0.1, -0.05) is 15.9 Å². The van der Waals surface area contributed by atoms with Crippen LogP contribution in [0, 0.1) is 6.92 Å². The van der Waals surface area contributed by atoms with E-state index >= 15 is 0 Å². The molecule has 0 aliphatic rings. The van der Waals surface area contributed by atoms with E-state index in [1.165, 1.54) is 4.68 Å². The third-order valence-electron chi connectivity index (χ3n) is 4.87. The molecule has 0 aliphatic carbocycles. The SMILES string of the molecule is COc1ccc(Br)cc1CNC(=O)[C@@H](C)n1nc(C)n2c(cc3occc32)c1=O. The fourth-order valence-electron chi connectivity index (χ4n) is 3.38. The zero-order valence-corrected chi connectivity index (χ0v) is 17.7. The largest absolute Gasteiger partial charge is 0.496 e. The van der Waals surface area contributed by atoms with Crippen LogP contribution >= 0.6 is 15.9 Å². The van der Waals surface area contributed by atoms with E-state index in [1.807, 2.05) is 18.2 Å². The Bertz CT molecular complexity index is 1290. The van der Waals surface area contributed by atoms with Crippen molar-refractivity contribution in [2.75, 3.05) is 7.11 Å². The van der Waals surface area contributed by atoms with Gasteiger partial charge in [-0.15, -0.1) is 0 Å². The van der Waals surface area contributed by atoms with Gasteiger partial charge in [0, 0.05) is 28.7 Å². The summed E-state index contributed by atoms with van der Waals surface area (Å²) in [5.41, 5.74) is 2.25. The van der Waals surface area contributed by atoms with E-state index in [4.69, 9.17) is 9.15 Å². The number of aryl methyl sites for hydroxylation is 1. The number of nitrogens with zero attached hydrogens (tertiary/aromatic N) is 3. The number of rotatable bonds is 5. The van der Waals surface area contributed by atoms with E-state index in [2.05, 4.69) is 26.3 Å². The summed E-state index contributed by atoms with van der Waals surface area (Å²) < 4.78 is 14.5. The van der Waals surface area contributed by atoms with Crippen molar-refractivity contribution in [3.05, 3.63) is 62.8 Å². The molecule has 0 saturated carbocycles. The number of nitrogens with one attached hydrogen (secondary N) is 1. The van der Waals surface area contributed by atoms with Crippen molar-refractivity contribution in [3.8, 4) is 5.75 Å². The average Bonchev–Trinajstić information content (AvgIpc) is 3.30. The Hall–Kier alpha value is -3.07. The van der Waals surface area contributed by atoms with Crippen LogP contribution in [0.2, 0.25) is 0 Å². The summed E-state index contributed by atoms with van der Waals surface area (Å²) in [5.74, 6) is 0.939. The van der Waals surface area contributed by atoms with E-state index in [-0.39, 0.29) is 18.0 Å². The molecule has 1 N–H and O–H groups in total. The van der Waals surface area contributed by atoms with Crippen LogP contribution in [0.5, 0.6) is 5.75 Å². The lowest BCUT2D eigenvalue weighted by Crippen LogP contribution is -2.38. The van der Waals surface area contributed by atoms with Gasteiger partial charge in [-0.05, 0) is 32.0 Å². The summed E-state index contributed by atoms with van der Waals surface area (Å²) in [7, 11) is 1.58. The Morgan fingerprint density at radius 3 is 2.86 bits per heavy atom.